The molecule has 1 saturated carbocycles. The second-order valence-electron chi connectivity index (χ2n) is 6.31. The Bertz CT molecular complexity index is 535. The first-order valence-corrected chi connectivity index (χ1v) is 7.53. The number of aryl methyl sites for hydroxylation is 1. The van der Waals surface area contributed by atoms with Gasteiger partial charge in [0, 0.05) is 24.7 Å². The zero-order valence-corrected chi connectivity index (χ0v) is 12.3. The van der Waals surface area contributed by atoms with Crippen LogP contribution in [0.5, 0.6) is 0 Å². The van der Waals surface area contributed by atoms with Gasteiger partial charge in [0.05, 0.1) is 11.4 Å². The zero-order chi connectivity index (χ0) is 14.3. The molecule has 2 aliphatic rings. The number of hydrogen-bond acceptors (Lipinski definition) is 3. The highest BCUT2D eigenvalue weighted by Gasteiger charge is 2.27. The standard InChI is InChI=1S/C16H23N3O/c1-10(2)19(9-11-3-4-11)15-8-14-12(7-13(15)17)5-6-16(20)18-14/h7-8,10-11H,3-6,9,17H2,1-2H3,(H,18,20). The van der Waals surface area contributed by atoms with Gasteiger partial charge in [0.2, 0.25) is 5.91 Å². The summed E-state index contributed by atoms with van der Waals surface area (Å²) in [5.41, 5.74) is 10.2. The predicted molar refractivity (Wildman–Crippen MR) is 83.0 cm³/mol. The molecule has 0 saturated heterocycles. The van der Waals surface area contributed by atoms with Crippen LogP contribution in [0.4, 0.5) is 17.1 Å². The van der Waals surface area contributed by atoms with Crippen LogP contribution in [-0.2, 0) is 11.2 Å². The van der Waals surface area contributed by atoms with Gasteiger partial charge in [-0.15, -0.1) is 0 Å². The minimum absolute atomic E-state index is 0.103. The number of anilines is 3. The second-order valence-corrected chi connectivity index (χ2v) is 6.31. The number of carbonyl (C=O) groups is 1. The zero-order valence-electron chi connectivity index (χ0n) is 12.3. The van der Waals surface area contributed by atoms with Gasteiger partial charge < -0.3 is 16.0 Å². The summed E-state index contributed by atoms with van der Waals surface area (Å²) in [4.78, 5) is 13.9. The molecule has 0 bridgehead atoms. The number of nitrogens with one attached hydrogen (secondary N) is 1. The van der Waals surface area contributed by atoms with Gasteiger partial charge in [0.15, 0.2) is 0 Å². The maximum atomic E-state index is 11.6. The van der Waals surface area contributed by atoms with Crippen LogP contribution >= 0.6 is 0 Å². The molecule has 1 aliphatic heterocycles. The first-order chi connectivity index (χ1) is 9.54. The van der Waals surface area contributed by atoms with Gasteiger partial charge in [-0.05, 0) is 56.7 Å². The third kappa shape index (κ3) is 2.60. The fourth-order valence-corrected chi connectivity index (χ4v) is 2.85. The van der Waals surface area contributed by atoms with Crippen LogP contribution < -0.4 is 16.0 Å². The van der Waals surface area contributed by atoms with Gasteiger partial charge in [0.1, 0.15) is 0 Å². The van der Waals surface area contributed by atoms with E-state index in [9.17, 15) is 4.79 Å². The number of benzene rings is 1. The monoisotopic (exact) mass is 273 g/mol. The molecule has 1 heterocycles. The van der Waals surface area contributed by atoms with Gasteiger partial charge in [-0.2, -0.15) is 0 Å². The lowest BCUT2D eigenvalue weighted by Gasteiger charge is -2.32. The van der Waals surface area contributed by atoms with Crippen molar-refractivity contribution < 1.29 is 4.79 Å². The molecule has 0 aromatic heterocycles. The smallest absolute Gasteiger partial charge is 0.224 e. The minimum atomic E-state index is 0.103. The van der Waals surface area contributed by atoms with Crippen molar-refractivity contribution in [2.45, 2.75) is 45.6 Å². The van der Waals surface area contributed by atoms with Crippen molar-refractivity contribution in [3.05, 3.63) is 17.7 Å². The fourth-order valence-electron chi connectivity index (χ4n) is 2.85. The van der Waals surface area contributed by atoms with Crippen molar-refractivity contribution in [2.24, 2.45) is 5.92 Å². The third-order valence-corrected chi connectivity index (χ3v) is 4.23. The molecule has 0 unspecified atom stereocenters. The first kappa shape index (κ1) is 13.3. The SMILES string of the molecule is CC(C)N(CC1CC1)c1cc2c(cc1N)CCC(=O)N2. The fraction of sp³-hybridized carbons (Fsp3) is 0.562. The van der Waals surface area contributed by atoms with E-state index in [4.69, 9.17) is 5.73 Å². The van der Waals surface area contributed by atoms with Crippen molar-refractivity contribution in [3.8, 4) is 0 Å². The largest absolute Gasteiger partial charge is 0.397 e. The topological polar surface area (TPSA) is 58.4 Å². The Morgan fingerprint density at radius 1 is 1.35 bits per heavy atom. The summed E-state index contributed by atoms with van der Waals surface area (Å²) in [6.07, 6.45) is 3.99. The molecule has 1 fully saturated rings. The molecule has 1 aliphatic carbocycles. The highest BCUT2D eigenvalue weighted by atomic mass is 16.1. The molecular weight excluding hydrogens is 250 g/mol. The first-order valence-electron chi connectivity index (χ1n) is 7.53. The number of nitrogen functional groups attached to an aromatic ring is 1. The molecule has 0 spiro atoms. The lowest BCUT2D eigenvalue weighted by Crippen LogP contribution is -2.33. The Balaban J connectivity index is 1.94. The maximum Gasteiger partial charge on any atom is 0.224 e. The van der Waals surface area contributed by atoms with Crippen LogP contribution in [0.3, 0.4) is 0 Å². The molecule has 1 amide bonds. The molecule has 1 aromatic carbocycles. The lowest BCUT2D eigenvalue weighted by molar-refractivity contribution is -0.116. The number of amides is 1. The van der Waals surface area contributed by atoms with E-state index < -0.39 is 0 Å². The summed E-state index contributed by atoms with van der Waals surface area (Å²) in [6.45, 7) is 5.45. The van der Waals surface area contributed by atoms with E-state index in [1.165, 1.54) is 12.8 Å². The number of fused-ring (bicyclic) bond motifs is 1. The summed E-state index contributed by atoms with van der Waals surface area (Å²) >= 11 is 0. The molecule has 3 rings (SSSR count). The molecule has 0 atom stereocenters. The average molecular weight is 273 g/mol. The van der Waals surface area contributed by atoms with Gasteiger partial charge in [-0.1, -0.05) is 0 Å². The average Bonchev–Trinajstić information content (AvgIpc) is 3.20. The molecule has 108 valence electrons. The molecular formula is C16H23N3O. The number of nitrogens with zero attached hydrogens (tertiary/aromatic N) is 1. The normalized spacial score (nSPS) is 17.9. The van der Waals surface area contributed by atoms with Gasteiger partial charge in [0.25, 0.3) is 0 Å². The Morgan fingerprint density at radius 3 is 2.75 bits per heavy atom. The Labute approximate surface area is 120 Å². The Kier molecular flexibility index (Phi) is 3.32. The van der Waals surface area contributed by atoms with Gasteiger partial charge >= 0.3 is 0 Å². The summed E-state index contributed by atoms with van der Waals surface area (Å²) in [5.74, 6) is 0.911. The summed E-state index contributed by atoms with van der Waals surface area (Å²) in [6, 6.07) is 4.51. The van der Waals surface area contributed by atoms with Crippen LogP contribution in [0.15, 0.2) is 12.1 Å². The van der Waals surface area contributed by atoms with E-state index in [-0.39, 0.29) is 5.91 Å². The third-order valence-electron chi connectivity index (χ3n) is 4.23. The summed E-state index contributed by atoms with van der Waals surface area (Å²) in [5, 5.41) is 2.97. The molecule has 4 heteroatoms. The lowest BCUT2D eigenvalue weighted by atomic mass is 10.0. The van der Waals surface area contributed by atoms with Gasteiger partial charge in [-0.25, -0.2) is 0 Å². The van der Waals surface area contributed by atoms with Crippen LogP contribution in [0.2, 0.25) is 0 Å². The van der Waals surface area contributed by atoms with E-state index in [1.54, 1.807) is 0 Å². The van der Waals surface area contributed by atoms with E-state index in [2.05, 4.69) is 30.1 Å². The second kappa shape index (κ2) is 5.00. The molecule has 20 heavy (non-hydrogen) atoms. The van der Waals surface area contributed by atoms with Crippen LogP contribution in [0.25, 0.3) is 0 Å². The van der Waals surface area contributed by atoms with Gasteiger partial charge in [-0.3, -0.25) is 4.79 Å². The van der Waals surface area contributed by atoms with Crippen molar-refractivity contribution in [2.75, 3.05) is 22.5 Å². The number of carbonyl (C=O) groups excluding carboxylic acids is 1. The van der Waals surface area contributed by atoms with Crippen molar-refractivity contribution in [1.29, 1.82) is 0 Å². The minimum Gasteiger partial charge on any atom is -0.397 e. The molecule has 1 aromatic rings. The number of nitrogens with two attached hydrogens (primary N) is 1. The van der Waals surface area contributed by atoms with E-state index in [0.717, 1.165) is 41.5 Å². The van der Waals surface area contributed by atoms with Crippen LogP contribution in [0.1, 0.15) is 38.7 Å². The van der Waals surface area contributed by atoms with Crippen molar-refractivity contribution >= 4 is 23.0 Å². The van der Waals surface area contributed by atoms with E-state index >= 15 is 0 Å². The number of rotatable bonds is 4. The predicted octanol–water partition coefficient (Wildman–Crippen LogP) is 2.78. The molecule has 4 nitrogen and oxygen atoms in total. The highest BCUT2D eigenvalue weighted by molar-refractivity contribution is 5.95. The van der Waals surface area contributed by atoms with Crippen molar-refractivity contribution in [1.82, 2.24) is 0 Å². The Morgan fingerprint density at radius 2 is 2.10 bits per heavy atom. The molecule has 0 radical (unpaired) electrons. The maximum absolute atomic E-state index is 11.6. The van der Waals surface area contributed by atoms with Crippen LogP contribution in [0, 0.1) is 5.92 Å². The summed E-state index contributed by atoms with van der Waals surface area (Å²) < 4.78 is 0. The Hall–Kier alpha value is -1.71. The quantitative estimate of drug-likeness (QED) is 0.829. The molecule has 3 N–H and O–H groups in total. The van der Waals surface area contributed by atoms with E-state index in [0.29, 0.717) is 12.5 Å². The van der Waals surface area contributed by atoms with Crippen molar-refractivity contribution in [3.63, 3.8) is 0 Å². The summed E-state index contributed by atoms with van der Waals surface area (Å²) in [7, 11) is 0. The van der Waals surface area contributed by atoms with E-state index in [1.807, 2.05) is 6.07 Å². The number of hydrogen-bond donors (Lipinski definition) is 2. The van der Waals surface area contributed by atoms with Crippen LogP contribution in [-0.4, -0.2) is 18.5 Å². The highest BCUT2D eigenvalue weighted by Crippen LogP contribution is 2.37.